The van der Waals surface area contributed by atoms with Gasteiger partial charge in [-0.1, -0.05) is 62.2 Å². The number of benzene rings is 1. The fraction of sp³-hybridized carbons (Fsp3) is 0.500. The molecule has 0 amide bonds. The topological polar surface area (TPSA) is 21.6 Å². The van der Waals surface area contributed by atoms with Crippen LogP contribution >= 0.6 is 0 Å². The van der Waals surface area contributed by atoms with Crippen LogP contribution in [-0.4, -0.2) is 12.3 Å². The molecule has 0 aliphatic heterocycles. The van der Waals surface area contributed by atoms with Gasteiger partial charge in [-0.3, -0.25) is 0 Å². The summed E-state index contributed by atoms with van der Waals surface area (Å²) in [7, 11) is 0. The van der Waals surface area contributed by atoms with Crippen LogP contribution in [-0.2, 0) is 4.84 Å². The van der Waals surface area contributed by atoms with Crippen molar-refractivity contribution in [1.29, 1.82) is 0 Å². The second-order valence-corrected chi connectivity index (χ2v) is 3.84. The highest BCUT2D eigenvalue weighted by Crippen LogP contribution is 2.07. The van der Waals surface area contributed by atoms with E-state index in [1.165, 1.54) is 5.56 Å². The highest BCUT2D eigenvalue weighted by Gasteiger charge is 2.02. The minimum absolute atomic E-state index is 0.719. The SMILES string of the molecule is CCCCO/N=C(\CCC)c1ccccc1. The Hall–Kier alpha value is -1.31. The molecule has 0 aromatic heterocycles. The fourth-order valence-electron chi connectivity index (χ4n) is 1.44. The number of hydrogen-bond acceptors (Lipinski definition) is 2. The smallest absolute Gasteiger partial charge is 0.117 e. The molecule has 1 rings (SSSR count). The summed E-state index contributed by atoms with van der Waals surface area (Å²) in [6, 6.07) is 10.2. The molecular formula is C14H21NO. The first-order chi connectivity index (χ1) is 7.88. The van der Waals surface area contributed by atoms with E-state index >= 15 is 0 Å². The lowest BCUT2D eigenvalue weighted by atomic mass is 10.1. The summed E-state index contributed by atoms with van der Waals surface area (Å²) in [5.74, 6) is 0. The lowest BCUT2D eigenvalue weighted by molar-refractivity contribution is 0.140. The minimum Gasteiger partial charge on any atom is -0.396 e. The van der Waals surface area contributed by atoms with Crippen molar-refractivity contribution in [3.63, 3.8) is 0 Å². The Bertz CT molecular complexity index is 306. The van der Waals surface area contributed by atoms with Crippen molar-refractivity contribution in [2.75, 3.05) is 6.61 Å². The predicted molar refractivity (Wildman–Crippen MR) is 68.7 cm³/mol. The molecule has 0 saturated carbocycles. The van der Waals surface area contributed by atoms with Crippen LogP contribution in [0.15, 0.2) is 35.5 Å². The lowest BCUT2D eigenvalue weighted by Crippen LogP contribution is -2.02. The predicted octanol–water partition coefficient (Wildman–Crippen LogP) is 4.01. The average molecular weight is 219 g/mol. The van der Waals surface area contributed by atoms with Crippen LogP contribution in [0.25, 0.3) is 0 Å². The van der Waals surface area contributed by atoms with Gasteiger partial charge in [-0.2, -0.15) is 0 Å². The molecule has 0 saturated heterocycles. The molecule has 16 heavy (non-hydrogen) atoms. The van der Waals surface area contributed by atoms with Crippen molar-refractivity contribution in [2.45, 2.75) is 39.5 Å². The molecule has 0 spiro atoms. The first-order valence-electron chi connectivity index (χ1n) is 6.12. The quantitative estimate of drug-likeness (QED) is 0.386. The van der Waals surface area contributed by atoms with Gasteiger partial charge in [0.15, 0.2) is 0 Å². The van der Waals surface area contributed by atoms with Crippen LogP contribution < -0.4 is 0 Å². The second-order valence-electron chi connectivity index (χ2n) is 3.84. The summed E-state index contributed by atoms with van der Waals surface area (Å²) >= 11 is 0. The van der Waals surface area contributed by atoms with Crippen LogP contribution in [0.1, 0.15) is 45.1 Å². The van der Waals surface area contributed by atoms with Crippen LogP contribution in [0.4, 0.5) is 0 Å². The van der Waals surface area contributed by atoms with E-state index in [-0.39, 0.29) is 0 Å². The molecule has 0 aliphatic carbocycles. The van der Waals surface area contributed by atoms with E-state index in [0.29, 0.717) is 0 Å². The molecule has 0 fully saturated rings. The zero-order chi connectivity index (χ0) is 11.6. The Morgan fingerprint density at radius 3 is 2.50 bits per heavy atom. The van der Waals surface area contributed by atoms with E-state index in [0.717, 1.165) is 38.0 Å². The number of oxime groups is 1. The molecule has 0 heterocycles. The summed E-state index contributed by atoms with van der Waals surface area (Å²) in [6.07, 6.45) is 4.27. The Morgan fingerprint density at radius 1 is 1.12 bits per heavy atom. The first-order valence-corrected chi connectivity index (χ1v) is 6.12. The lowest BCUT2D eigenvalue weighted by Gasteiger charge is -2.05. The minimum atomic E-state index is 0.719. The molecule has 0 radical (unpaired) electrons. The number of rotatable bonds is 7. The molecule has 0 aliphatic rings. The van der Waals surface area contributed by atoms with E-state index in [1.807, 2.05) is 18.2 Å². The molecule has 88 valence electrons. The van der Waals surface area contributed by atoms with Crippen molar-refractivity contribution in [3.8, 4) is 0 Å². The fourth-order valence-corrected chi connectivity index (χ4v) is 1.44. The maximum Gasteiger partial charge on any atom is 0.117 e. The summed E-state index contributed by atoms with van der Waals surface area (Å²) in [5.41, 5.74) is 2.22. The standard InChI is InChI=1S/C14H21NO/c1-3-5-12-16-15-14(9-4-2)13-10-7-6-8-11-13/h6-8,10-11H,3-5,9,12H2,1-2H3/b15-14+. The second kappa shape index (κ2) is 7.91. The number of unbranched alkanes of at least 4 members (excludes halogenated alkanes) is 1. The molecule has 0 atom stereocenters. The van der Waals surface area contributed by atoms with Crippen molar-refractivity contribution in [2.24, 2.45) is 5.16 Å². The summed E-state index contributed by atoms with van der Waals surface area (Å²) in [5, 5.41) is 4.24. The third-order valence-electron chi connectivity index (χ3n) is 2.36. The first kappa shape index (κ1) is 12.8. The highest BCUT2D eigenvalue weighted by molar-refractivity contribution is 6.00. The van der Waals surface area contributed by atoms with Crippen molar-refractivity contribution >= 4 is 5.71 Å². The number of nitrogens with zero attached hydrogens (tertiary/aromatic N) is 1. The van der Waals surface area contributed by atoms with Gasteiger partial charge in [-0.25, -0.2) is 0 Å². The molecule has 0 bridgehead atoms. The van der Waals surface area contributed by atoms with Crippen molar-refractivity contribution in [3.05, 3.63) is 35.9 Å². The molecule has 2 nitrogen and oxygen atoms in total. The third-order valence-corrected chi connectivity index (χ3v) is 2.36. The van der Waals surface area contributed by atoms with Gasteiger partial charge in [0, 0.05) is 0 Å². The Kier molecular flexibility index (Phi) is 6.31. The Morgan fingerprint density at radius 2 is 1.88 bits per heavy atom. The molecular weight excluding hydrogens is 198 g/mol. The molecule has 0 unspecified atom stereocenters. The van der Waals surface area contributed by atoms with Gasteiger partial charge in [-0.15, -0.1) is 0 Å². The monoisotopic (exact) mass is 219 g/mol. The van der Waals surface area contributed by atoms with E-state index < -0.39 is 0 Å². The molecule has 1 aromatic carbocycles. The van der Waals surface area contributed by atoms with Crippen LogP contribution in [0.3, 0.4) is 0 Å². The van der Waals surface area contributed by atoms with Gasteiger partial charge in [0.05, 0.1) is 5.71 Å². The van der Waals surface area contributed by atoms with Crippen LogP contribution in [0, 0.1) is 0 Å². The summed E-state index contributed by atoms with van der Waals surface area (Å²) < 4.78 is 0. The van der Waals surface area contributed by atoms with E-state index in [4.69, 9.17) is 4.84 Å². The van der Waals surface area contributed by atoms with Crippen LogP contribution in [0.2, 0.25) is 0 Å². The van der Waals surface area contributed by atoms with Gasteiger partial charge in [0.2, 0.25) is 0 Å². The van der Waals surface area contributed by atoms with E-state index in [1.54, 1.807) is 0 Å². The normalized spacial score (nSPS) is 11.5. The largest absolute Gasteiger partial charge is 0.396 e. The van der Waals surface area contributed by atoms with Crippen LogP contribution in [0.5, 0.6) is 0 Å². The molecule has 2 heteroatoms. The molecule has 1 aromatic rings. The zero-order valence-electron chi connectivity index (χ0n) is 10.3. The van der Waals surface area contributed by atoms with Gasteiger partial charge < -0.3 is 4.84 Å². The van der Waals surface area contributed by atoms with Crippen molar-refractivity contribution < 1.29 is 4.84 Å². The summed E-state index contributed by atoms with van der Waals surface area (Å²) in [4.78, 5) is 5.33. The summed E-state index contributed by atoms with van der Waals surface area (Å²) in [6.45, 7) is 5.03. The van der Waals surface area contributed by atoms with Gasteiger partial charge in [0.25, 0.3) is 0 Å². The van der Waals surface area contributed by atoms with E-state index in [9.17, 15) is 0 Å². The van der Waals surface area contributed by atoms with Gasteiger partial charge in [0.1, 0.15) is 6.61 Å². The highest BCUT2D eigenvalue weighted by atomic mass is 16.6. The zero-order valence-corrected chi connectivity index (χ0v) is 10.3. The average Bonchev–Trinajstić information content (AvgIpc) is 2.34. The maximum absolute atomic E-state index is 5.33. The Labute approximate surface area is 98.3 Å². The van der Waals surface area contributed by atoms with E-state index in [2.05, 4.69) is 31.1 Å². The van der Waals surface area contributed by atoms with Gasteiger partial charge in [-0.05, 0) is 18.4 Å². The van der Waals surface area contributed by atoms with Gasteiger partial charge >= 0.3 is 0 Å². The van der Waals surface area contributed by atoms with Crippen molar-refractivity contribution in [1.82, 2.24) is 0 Å². The third kappa shape index (κ3) is 4.47. The maximum atomic E-state index is 5.33. The molecule has 0 N–H and O–H groups in total. The number of hydrogen-bond donors (Lipinski definition) is 0. The Balaban J connectivity index is 2.60.